The summed E-state index contributed by atoms with van der Waals surface area (Å²) < 4.78 is 18.3. The predicted octanol–water partition coefficient (Wildman–Crippen LogP) is 3.19. The highest BCUT2D eigenvalue weighted by molar-refractivity contribution is 6.02. The Morgan fingerprint density at radius 3 is 2.52 bits per heavy atom. The Bertz CT molecular complexity index is 762. The van der Waals surface area contributed by atoms with Crippen molar-refractivity contribution in [2.75, 3.05) is 16.0 Å². The van der Waals surface area contributed by atoms with Crippen LogP contribution in [-0.2, 0) is 4.79 Å². The number of anilines is 3. The molecule has 1 aliphatic heterocycles. The topological polar surface area (TPSA) is 79.5 Å². The van der Waals surface area contributed by atoms with Crippen molar-refractivity contribution in [2.45, 2.75) is 13.0 Å². The molecule has 3 amide bonds. The number of ether oxygens (including phenoxy) is 1. The van der Waals surface area contributed by atoms with Crippen molar-refractivity contribution in [1.29, 1.82) is 0 Å². The third-order valence-corrected chi connectivity index (χ3v) is 3.27. The van der Waals surface area contributed by atoms with Gasteiger partial charge in [-0.05, 0) is 49.4 Å². The molecule has 1 aliphatic rings. The van der Waals surface area contributed by atoms with Crippen molar-refractivity contribution < 1.29 is 18.7 Å². The number of fused-ring (bicyclic) bond motifs is 1. The van der Waals surface area contributed by atoms with Gasteiger partial charge in [0.1, 0.15) is 11.6 Å². The Hall–Kier alpha value is -3.09. The highest BCUT2D eigenvalue weighted by Crippen LogP contribution is 2.32. The molecule has 23 heavy (non-hydrogen) atoms. The SMILES string of the molecule is CC1Oc2ccc(NC(=O)Nc3ccc(F)cc3)cc2NC1=O. The first-order valence-corrected chi connectivity index (χ1v) is 6.96. The van der Waals surface area contributed by atoms with Gasteiger partial charge in [0.2, 0.25) is 0 Å². The van der Waals surface area contributed by atoms with Crippen molar-refractivity contribution >= 4 is 29.0 Å². The van der Waals surface area contributed by atoms with Crippen LogP contribution < -0.4 is 20.7 Å². The number of hydrogen-bond acceptors (Lipinski definition) is 3. The van der Waals surface area contributed by atoms with Gasteiger partial charge in [0, 0.05) is 11.4 Å². The largest absolute Gasteiger partial charge is 0.479 e. The second-order valence-electron chi connectivity index (χ2n) is 5.05. The van der Waals surface area contributed by atoms with Crippen LogP contribution >= 0.6 is 0 Å². The van der Waals surface area contributed by atoms with E-state index < -0.39 is 12.1 Å². The number of rotatable bonds is 2. The molecule has 1 atom stereocenters. The lowest BCUT2D eigenvalue weighted by molar-refractivity contribution is -0.122. The van der Waals surface area contributed by atoms with Gasteiger partial charge in [-0.1, -0.05) is 0 Å². The molecule has 0 saturated carbocycles. The van der Waals surface area contributed by atoms with Gasteiger partial charge >= 0.3 is 6.03 Å². The summed E-state index contributed by atoms with van der Waals surface area (Å²) in [6, 6.07) is 9.86. The van der Waals surface area contributed by atoms with E-state index >= 15 is 0 Å². The van der Waals surface area contributed by atoms with E-state index in [2.05, 4.69) is 16.0 Å². The van der Waals surface area contributed by atoms with E-state index in [1.54, 1.807) is 25.1 Å². The van der Waals surface area contributed by atoms with Crippen LogP contribution in [0.4, 0.5) is 26.2 Å². The van der Waals surface area contributed by atoms with Gasteiger partial charge in [-0.3, -0.25) is 4.79 Å². The van der Waals surface area contributed by atoms with Crippen LogP contribution in [0.2, 0.25) is 0 Å². The number of halogens is 1. The summed E-state index contributed by atoms with van der Waals surface area (Å²) in [5, 5.41) is 7.91. The molecule has 6 nitrogen and oxygen atoms in total. The zero-order valence-electron chi connectivity index (χ0n) is 12.2. The monoisotopic (exact) mass is 315 g/mol. The van der Waals surface area contributed by atoms with E-state index in [0.29, 0.717) is 22.8 Å². The van der Waals surface area contributed by atoms with Gasteiger partial charge < -0.3 is 20.7 Å². The van der Waals surface area contributed by atoms with Crippen molar-refractivity contribution in [3.05, 3.63) is 48.3 Å². The van der Waals surface area contributed by atoms with Gasteiger partial charge in [0.05, 0.1) is 5.69 Å². The lowest BCUT2D eigenvalue weighted by Gasteiger charge is -2.23. The normalized spacial score (nSPS) is 15.9. The molecule has 3 rings (SSSR count). The fraction of sp³-hybridized carbons (Fsp3) is 0.125. The van der Waals surface area contributed by atoms with E-state index in [-0.39, 0.29) is 11.7 Å². The molecular weight excluding hydrogens is 301 g/mol. The second kappa shape index (κ2) is 5.96. The van der Waals surface area contributed by atoms with Gasteiger partial charge in [-0.15, -0.1) is 0 Å². The second-order valence-corrected chi connectivity index (χ2v) is 5.05. The van der Waals surface area contributed by atoms with Gasteiger partial charge in [0.15, 0.2) is 6.10 Å². The van der Waals surface area contributed by atoms with Gasteiger partial charge in [-0.25, -0.2) is 9.18 Å². The highest BCUT2D eigenvalue weighted by Gasteiger charge is 2.23. The minimum absolute atomic E-state index is 0.245. The van der Waals surface area contributed by atoms with Crippen LogP contribution in [0.5, 0.6) is 5.75 Å². The number of amides is 3. The molecule has 0 bridgehead atoms. The lowest BCUT2D eigenvalue weighted by atomic mass is 10.2. The first-order chi connectivity index (χ1) is 11.0. The van der Waals surface area contributed by atoms with Crippen LogP contribution in [0.3, 0.4) is 0 Å². The predicted molar refractivity (Wildman–Crippen MR) is 84.2 cm³/mol. The Morgan fingerprint density at radius 2 is 1.78 bits per heavy atom. The van der Waals surface area contributed by atoms with Crippen LogP contribution in [0.15, 0.2) is 42.5 Å². The third-order valence-electron chi connectivity index (χ3n) is 3.27. The quantitative estimate of drug-likeness (QED) is 0.796. The summed E-state index contributed by atoms with van der Waals surface area (Å²) in [5.74, 6) is -0.0809. The molecule has 0 spiro atoms. The molecule has 0 aromatic heterocycles. The highest BCUT2D eigenvalue weighted by atomic mass is 19.1. The Kier molecular flexibility index (Phi) is 3.84. The summed E-state index contributed by atoms with van der Waals surface area (Å²) >= 11 is 0. The van der Waals surface area contributed by atoms with Crippen molar-refractivity contribution in [3.8, 4) is 5.75 Å². The Balaban J connectivity index is 1.68. The molecule has 1 heterocycles. The average Bonchev–Trinajstić information content (AvgIpc) is 2.51. The smallest absolute Gasteiger partial charge is 0.323 e. The lowest BCUT2D eigenvalue weighted by Crippen LogP contribution is -2.34. The number of nitrogens with one attached hydrogen (secondary N) is 3. The number of hydrogen-bond donors (Lipinski definition) is 3. The molecule has 0 radical (unpaired) electrons. The number of carbonyl (C=O) groups excluding carboxylic acids is 2. The van der Waals surface area contributed by atoms with Crippen LogP contribution in [-0.4, -0.2) is 18.0 Å². The summed E-state index contributed by atoms with van der Waals surface area (Å²) in [7, 11) is 0. The molecule has 0 aliphatic carbocycles. The maximum absolute atomic E-state index is 12.8. The Labute approximate surface area is 131 Å². The number of benzene rings is 2. The van der Waals surface area contributed by atoms with E-state index in [0.717, 1.165) is 0 Å². The zero-order valence-corrected chi connectivity index (χ0v) is 12.2. The van der Waals surface area contributed by atoms with Crippen LogP contribution in [0.25, 0.3) is 0 Å². The van der Waals surface area contributed by atoms with E-state index in [9.17, 15) is 14.0 Å². The van der Waals surface area contributed by atoms with E-state index in [4.69, 9.17) is 4.74 Å². The molecular formula is C16H14FN3O3. The summed E-state index contributed by atoms with van der Waals surface area (Å²) in [6.45, 7) is 1.65. The van der Waals surface area contributed by atoms with Crippen LogP contribution in [0.1, 0.15) is 6.92 Å². The van der Waals surface area contributed by atoms with Crippen molar-refractivity contribution in [3.63, 3.8) is 0 Å². The first-order valence-electron chi connectivity index (χ1n) is 6.96. The standard InChI is InChI=1S/C16H14FN3O3/c1-9-15(21)20-13-8-12(6-7-14(13)23-9)19-16(22)18-11-4-2-10(17)3-5-11/h2-9H,1H3,(H,20,21)(H2,18,19,22). The summed E-state index contributed by atoms with van der Waals surface area (Å²) in [6.07, 6.45) is -0.553. The van der Waals surface area contributed by atoms with Crippen molar-refractivity contribution in [1.82, 2.24) is 0 Å². The number of urea groups is 1. The molecule has 0 saturated heterocycles. The average molecular weight is 315 g/mol. The third kappa shape index (κ3) is 3.39. The van der Waals surface area contributed by atoms with E-state index in [1.807, 2.05) is 0 Å². The summed E-state index contributed by atoms with van der Waals surface area (Å²) in [5.41, 5.74) is 1.45. The maximum atomic E-state index is 12.8. The molecule has 2 aromatic carbocycles. The molecule has 3 N–H and O–H groups in total. The Morgan fingerprint density at radius 1 is 1.13 bits per heavy atom. The minimum Gasteiger partial charge on any atom is -0.479 e. The van der Waals surface area contributed by atoms with Gasteiger partial charge in [-0.2, -0.15) is 0 Å². The fourth-order valence-corrected chi connectivity index (χ4v) is 2.11. The summed E-state index contributed by atoms with van der Waals surface area (Å²) in [4.78, 5) is 23.5. The molecule has 1 unspecified atom stereocenters. The maximum Gasteiger partial charge on any atom is 0.323 e. The van der Waals surface area contributed by atoms with E-state index in [1.165, 1.54) is 24.3 Å². The molecule has 7 heteroatoms. The minimum atomic E-state index is -0.553. The van der Waals surface area contributed by atoms with Gasteiger partial charge in [0.25, 0.3) is 5.91 Å². The molecule has 2 aromatic rings. The number of carbonyl (C=O) groups is 2. The van der Waals surface area contributed by atoms with Crippen molar-refractivity contribution in [2.24, 2.45) is 0 Å². The first kappa shape index (κ1) is 14.8. The fourth-order valence-electron chi connectivity index (χ4n) is 2.11. The van der Waals surface area contributed by atoms with Crippen LogP contribution in [0, 0.1) is 5.82 Å². The molecule has 118 valence electrons. The zero-order chi connectivity index (χ0) is 16.4. The molecule has 0 fully saturated rings.